The van der Waals surface area contributed by atoms with Crippen LogP contribution in [0.4, 0.5) is 5.69 Å². The lowest BCUT2D eigenvalue weighted by Crippen LogP contribution is -2.50. The van der Waals surface area contributed by atoms with Crippen molar-refractivity contribution in [2.75, 3.05) is 24.5 Å². The summed E-state index contributed by atoms with van der Waals surface area (Å²) in [6.45, 7) is 7.51. The first-order valence-corrected chi connectivity index (χ1v) is 6.83. The number of rotatable bonds is 3. The van der Waals surface area contributed by atoms with E-state index in [1.165, 1.54) is 18.5 Å². The molecule has 1 atom stereocenters. The van der Waals surface area contributed by atoms with Gasteiger partial charge >= 0.3 is 0 Å². The molecule has 1 aromatic carbocycles. The van der Waals surface area contributed by atoms with Crippen molar-refractivity contribution in [3.63, 3.8) is 0 Å². The zero-order chi connectivity index (χ0) is 12.3. The Morgan fingerprint density at radius 1 is 1.47 bits per heavy atom. The molecule has 0 radical (unpaired) electrons. The number of aryl methyl sites for hydroxylation is 1. The molecule has 0 spiro atoms. The Morgan fingerprint density at radius 3 is 3.00 bits per heavy atom. The Kier molecular flexibility index (Phi) is 4.30. The summed E-state index contributed by atoms with van der Waals surface area (Å²) in [5, 5.41) is 4.44. The van der Waals surface area contributed by atoms with Crippen LogP contribution in [0, 0.1) is 6.92 Å². The Morgan fingerprint density at radius 2 is 2.29 bits per heavy atom. The second kappa shape index (κ2) is 5.74. The summed E-state index contributed by atoms with van der Waals surface area (Å²) in [5.74, 6) is 0. The van der Waals surface area contributed by atoms with Gasteiger partial charge in [-0.3, -0.25) is 0 Å². The number of benzene rings is 1. The van der Waals surface area contributed by atoms with E-state index in [1.807, 2.05) is 6.92 Å². The van der Waals surface area contributed by atoms with Crippen LogP contribution in [0.3, 0.4) is 0 Å². The van der Waals surface area contributed by atoms with Crippen molar-refractivity contribution in [2.24, 2.45) is 0 Å². The van der Waals surface area contributed by atoms with Crippen LogP contribution in [0.2, 0.25) is 5.02 Å². The maximum Gasteiger partial charge on any atom is 0.0455 e. The van der Waals surface area contributed by atoms with Gasteiger partial charge < -0.3 is 10.2 Å². The molecular weight excluding hydrogens is 232 g/mol. The second-order valence-electron chi connectivity index (χ2n) is 4.82. The van der Waals surface area contributed by atoms with E-state index in [9.17, 15) is 0 Å². The van der Waals surface area contributed by atoms with Crippen LogP contribution in [0.1, 0.15) is 25.3 Å². The smallest absolute Gasteiger partial charge is 0.0455 e. The summed E-state index contributed by atoms with van der Waals surface area (Å²) >= 11 is 6.19. The molecule has 2 nitrogen and oxygen atoms in total. The van der Waals surface area contributed by atoms with Crippen molar-refractivity contribution in [1.29, 1.82) is 0 Å². The van der Waals surface area contributed by atoms with Crippen LogP contribution in [0.15, 0.2) is 18.2 Å². The van der Waals surface area contributed by atoms with Gasteiger partial charge in [0.05, 0.1) is 0 Å². The SMILES string of the molecule is CCCC1CN(c2ccc(C)c(Cl)c2)CCN1. The highest BCUT2D eigenvalue weighted by Gasteiger charge is 2.18. The van der Waals surface area contributed by atoms with Crippen molar-refractivity contribution in [3.05, 3.63) is 28.8 Å². The maximum absolute atomic E-state index is 6.19. The summed E-state index contributed by atoms with van der Waals surface area (Å²) < 4.78 is 0. The van der Waals surface area contributed by atoms with Gasteiger partial charge in [-0.1, -0.05) is 31.0 Å². The molecule has 2 rings (SSSR count). The molecule has 1 heterocycles. The van der Waals surface area contributed by atoms with E-state index in [0.717, 1.165) is 30.2 Å². The molecular formula is C14H21ClN2. The van der Waals surface area contributed by atoms with Gasteiger partial charge in [-0.15, -0.1) is 0 Å². The van der Waals surface area contributed by atoms with Gasteiger partial charge in [-0.2, -0.15) is 0 Å². The van der Waals surface area contributed by atoms with Crippen molar-refractivity contribution < 1.29 is 0 Å². The quantitative estimate of drug-likeness (QED) is 0.889. The molecule has 0 aromatic heterocycles. The van der Waals surface area contributed by atoms with E-state index in [0.29, 0.717) is 6.04 Å². The number of hydrogen-bond donors (Lipinski definition) is 1. The predicted molar refractivity (Wildman–Crippen MR) is 75.1 cm³/mol. The molecule has 1 aromatic rings. The molecule has 3 heteroatoms. The monoisotopic (exact) mass is 252 g/mol. The van der Waals surface area contributed by atoms with Gasteiger partial charge in [-0.25, -0.2) is 0 Å². The highest BCUT2D eigenvalue weighted by atomic mass is 35.5. The fraction of sp³-hybridized carbons (Fsp3) is 0.571. The molecule has 0 bridgehead atoms. The van der Waals surface area contributed by atoms with Crippen LogP contribution in [-0.2, 0) is 0 Å². The van der Waals surface area contributed by atoms with Gasteiger partial charge in [-0.05, 0) is 31.0 Å². The third-order valence-corrected chi connectivity index (χ3v) is 3.82. The molecule has 1 fully saturated rings. The molecule has 0 saturated carbocycles. The fourth-order valence-electron chi connectivity index (χ4n) is 2.38. The van der Waals surface area contributed by atoms with Gasteiger partial charge in [0.1, 0.15) is 0 Å². The minimum absolute atomic E-state index is 0.619. The van der Waals surface area contributed by atoms with E-state index in [1.54, 1.807) is 0 Å². The molecule has 1 aliphatic rings. The zero-order valence-corrected chi connectivity index (χ0v) is 11.4. The van der Waals surface area contributed by atoms with Crippen molar-refractivity contribution in [1.82, 2.24) is 5.32 Å². The Hall–Kier alpha value is -0.730. The van der Waals surface area contributed by atoms with Crippen molar-refractivity contribution in [2.45, 2.75) is 32.7 Å². The third-order valence-electron chi connectivity index (χ3n) is 3.41. The van der Waals surface area contributed by atoms with Crippen LogP contribution in [0.5, 0.6) is 0 Å². The molecule has 1 N–H and O–H groups in total. The summed E-state index contributed by atoms with van der Waals surface area (Å²) in [6, 6.07) is 6.99. The van der Waals surface area contributed by atoms with E-state index >= 15 is 0 Å². The number of piperazine rings is 1. The van der Waals surface area contributed by atoms with E-state index in [2.05, 4.69) is 35.3 Å². The zero-order valence-electron chi connectivity index (χ0n) is 10.7. The normalized spacial score (nSPS) is 20.6. The third kappa shape index (κ3) is 3.14. The summed E-state index contributed by atoms with van der Waals surface area (Å²) in [6.07, 6.45) is 2.48. The summed E-state index contributed by atoms with van der Waals surface area (Å²) in [7, 11) is 0. The van der Waals surface area contributed by atoms with Gasteiger partial charge in [0, 0.05) is 36.4 Å². The number of nitrogens with one attached hydrogen (secondary N) is 1. The van der Waals surface area contributed by atoms with Crippen LogP contribution in [0.25, 0.3) is 0 Å². The number of hydrogen-bond acceptors (Lipinski definition) is 2. The van der Waals surface area contributed by atoms with Gasteiger partial charge in [0.2, 0.25) is 0 Å². The average molecular weight is 253 g/mol. The van der Waals surface area contributed by atoms with E-state index in [-0.39, 0.29) is 0 Å². The minimum Gasteiger partial charge on any atom is -0.369 e. The Balaban J connectivity index is 2.08. The van der Waals surface area contributed by atoms with Gasteiger partial charge in [0.15, 0.2) is 0 Å². The molecule has 17 heavy (non-hydrogen) atoms. The number of halogens is 1. The molecule has 0 aliphatic carbocycles. The molecule has 0 amide bonds. The number of nitrogens with zero attached hydrogens (tertiary/aromatic N) is 1. The lowest BCUT2D eigenvalue weighted by atomic mass is 10.1. The second-order valence-corrected chi connectivity index (χ2v) is 5.23. The van der Waals surface area contributed by atoms with E-state index < -0.39 is 0 Å². The lowest BCUT2D eigenvalue weighted by molar-refractivity contribution is 0.431. The first-order valence-electron chi connectivity index (χ1n) is 6.45. The Bertz CT molecular complexity index is 376. The summed E-state index contributed by atoms with van der Waals surface area (Å²) in [4.78, 5) is 2.43. The van der Waals surface area contributed by atoms with Gasteiger partial charge in [0.25, 0.3) is 0 Å². The van der Waals surface area contributed by atoms with Crippen molar-refractivity contribution >= 4 is 17.3 Å². The molecule has 1 saturated heterocycles. The standard InChI is InChI=1S/C14H21ClN2/c1-3-4-12-10-17(8-7-16-12)13-6-5-11(2)14(15)9-13/h5-6,9,12,16H,3-4,7-8,10H2,1-2H3. The van der Waals surface area contributed by atoms with E-state index in [4.69, 9.17) is 11.6 Å². The Labute approximate surface area is 109 Å². The highest BCUT2D eigenvalue weighted by molar-refractivity contribution is 6.31. The van der Waals surface area contributed by atoms with Crippen LogP contribution in [-0.4, -0.2) is 25.7 Å². The lowest BCUT2D eigenvalue weighted by Gasteiger charge is -2.35. The largest absolute Gasteiger partial charge is 0.369 e. The summed E-state index contributed by atoms with van der Waals surface area (Å²) in [5.41, 5.74) is 2.40. The average Bonchev–Trinajstić information content (AvgIpc) is 2.33. The van der Waals surface area contributed by atoms with Crippen LogP contribution >= 0.6 is 11.6 Å². The predicted octanol–water partition coefficient (Wildman–Crippen LogP) is 3.23. The fourth-order valence-corrected chi connectivity index (χ4v) is 2.56. The molecule has 1 unspecified atom stereocenters. The number of anilines is 1. The minimum atomic E-state index is 0.619. The van der Waals surface area contributed by atoms with Crippen LogP contribution < -0.4 is 10.2 Å². The van der Waals surface area contributed by atoms with Crippen molar-refractivity contribution in [3.8, 4) is 0 Å². The maximum atomic E-state index is 6.19. The molecule has 1 aliphatic heterocycles. The molecule has 94 valence electrons. The highest BCUT2D eigenvalue weighted by Crippen LogP contribution is 2.24. The first-order chi connectivity index (χ1) is 8.20. The topological polar surface area (TPSA) is 15.3 Å². The first kappa shape index (κ1) is 12.7.